The molecule has 30 heavy (non-hydrogen) atoms. The average Bonchev–Trinajstić information content (AvgIpc) is 2.74. The van der Waals surface area contributed by atoms with Gasteiger partial charge in [0, 0.05) is 32.7 Å². The van der Waals surface area contributed by atoms with Gasteiger partial charge >= 0.3 is 0 Å². The number of benzene rings is 2. The normalized spacial score (nSPS) is 16.8. The summed E-state index contributed by atoms with van der Waals surface area (Å²) in [7, 11) is -3.72. The number of hydrogen-bond acceptors (Lipinski definition) is 4. The molecule has 1 aliphatic heterocycles. The molecule has 0 spiro atoms. The van der Waals surface area contributed by atoms with Gasteiger partial charge in [-0.25, -0.2) is 8.42 Å². The summed E-state index contributed by atoms with van der Waals surface area (Å²) in [6, 6.07) is 14.1. The number of nitrogens with one attached hydrogen (secondary N) is 1. The van der Waals surface area contributed by atoms with Crippen molar-refractivity contribution in [1.29, 1.82) is 0 Å². The maximum absolute atomic E-state index is 13.4. The van der Waals surface area contributed by atoms with Crippen LogP contribution in [-0.4, -0.2) is 44.9 Å². The number of carbonyl (C=O) groups is 1. The third kappa shape index (κ3) is 5.28. The molecule has 7 heteroatoms. The van der Waals surface area contributed by atoms with Gasteiger partial charge in [0.1, 0.15) is 0 Å². The van der Waals surface area contributed by atoms with Crippen molar-refractivity contribution in [2.24, 2.45) is 0 Å². The van der Waals surface area contributed by atoms with Crippen LogP contribution in [-0.2, 0) is 26.0 Å². The molecule has 0 radical (unpaired) electrons. The van der Waals surface area contributed by atoms with Crippen LogP contribution in [0, 0.1) is 6.92 Å². The van der Waals surface area contributed by atoms with Crippen molar-refractivity contribution < 1.29 is 17.9 Å². The van der Waals surface area contributed by atoms with Crippen molar-refractivity contribution in [2.45, 2.75) is 44.0 Å². The molecule has 1 N–H and O–H groups in total. The minimum atomic E-state index is -3.72. The molecule has 0 bridgehead atoms. The van der Waals surface area contributed by atoms with Gasteiger partial charge < -0.3 is 10.1 Å². The molecule has 2 aromatic carbocycles. The molecule has 2 aromatic rings. The summed E-state index contributed by atoms with van der Waals surface area (Å²) in [5.41, 5.74) is 3.01. The van der Waals surface area contributed by atoms with E-state index in [0.717, 1.165) is 23.1 Å². The second kappa shape index (κ2) is 10.2. The number of rotatable bonds is 9. The van der Waals surface area contributed by atoms with Gasteiger partial charge in [-0.3, -0.25) is 4.79 Å². The van der Waals surface area contributed by atoms with Crippen LogP contribution >= 0.6 is 0 Å². The topological polar surface area (TPSA) is 75.7 Å². The molecule has 162 valence electrons. The standard InChI is InChI=1S/C23H30N2O4S/c1-3-29-16-6-14-24-23(26)17-22-21-8-5-4-7-19(21)13-15-25(22)30(27,28)20-11-9-18(2)10-12-20/h4-5,7-12,22H,3,6,13-17H2,1-2H3,(H,24,26)/t22-/m1/s1. The first kappa shape index (κ1) is 22.5. The summed E-state index contributed by atoms with van der Waals surface area (Å²) in [5.74, 6) is -0.155. The lowest BCUT2D eigenvalue weighted by molar-refractivity contribution is -0.122. The maximum atomic E-state index is 13.4. The van der Waals surface area contributed by atoms with Gasteiger partial charge in [-0.15, -0.1) is 0 Å². The highest BCUT2D eigenvalue weighted by atomic mass is 32.2. The Morgan fingerprint density at radius 1 is 1.17 bits per heavy atom. The fourth-order valence-corrected chi connectivity index (χ4v) is 5.37. The van der Waals surface area contributed by atoms with Gasteiger partial charge in [0.25, 0.3) is 0 Å². The number of nitrogens with zero attached hydrogens (tertiary/aromatic N) is 1. The van der Waals surface area contributed by atoms with Gasteiger partial charge in [0.2, 0.25) is 15.9 Å². The highest BCUT2D eigenvalue weighted by molar-refractivity contribution is 7.89. The summed E-state index contributed by atoms with van der Waals surface area (Å²) >= 11 is 0. The lowest BCUT2D eigenvalue weighted by Gasteiger charge is -2.36. The average molecular weight is 431 g/mol. The molecule has 3 rings (SSSR count). The number of hydrogen-bond donors (Lipinski definition) is 1. The van der Waals surface area contributed by atoms with E-state index in [-0.39, 0.29) is 17.2 Å². The zero-order valence-corrected chi connectivity index (χ0v) is 18.5. The third-order valence-corrected chi connectivity index (χ3v) is 7.28. The number of ether oxygens (including phenoxy) is 1. The second-order valence-corrected chi connectivity index (χ2v) is 9.39. The Balaban J connectivity index is 1.81. The molecule has 0 fully saturated rings. The first-order chi connectivity index (χ1) is 14.4. The fraction of sp³-hybridized carbons (Fsp3) is 0.435. The number of sulfonamides is 1. The monoisotopic (exact) mass is 430 g/mol. The Morgan fingerprint density at radius 2 is 1.90 bits per heavy atom. The van der Waals surface area contributed by atoms with Crippen molar-refractivity contribution >= 4 is 15.9 Å². The molecule has 0 aromatic heterocycles. The number of carbonyl (C=O) groups excluding carboxylic acids is 1. The summed E-state index contributed by atoms with van der Waals surface area (Å²) in [5, 5.41) is 2.90. The van der Waals surface area contributed by atoms with Crippen molar-refractivity contribution in [3.8, 4) is 0 Å². The summed E-state index contributed by atoms with van der Waals surface area (Å²) < 4.78 is 33.6. The lowest BCUT2D eigenvalue weighted by atomic mass is 9.92. The van der Waals surface area contributed by atoms with E-state index in [1.165, 1.54) is 4.31 Å². The van der Waals surface area contributed by atoms with Crippen molar-refractivity contribution in [3.05, 3.63) is 65.2 Å². The quantitative estimate of drug-likeness (QED) is 0.620. The Labute approximate surface area is 179 Å². The minimum Gasteiger partial charge on any atom is -0.382 e. The van der Waals surface area contributed by atoms with Gasteiger partial charge in [0.15, 0.2) is 0 Å². The Kier molecular flexibility index (Phi) is 7.64. The number of amides is 1. The predicted molar refractivity (Wildman–Crippen MR) is 117 cm³/mol. The summed E-state index contributed by atoms with van der Waals surface area (Å²) in [6.45, 7) is 5.97. The van der Waals surface area contributed by atoms with E-state index in [0.29, 0.717) is 32.7 Å². The zero-order valence-electron chi connectivity index (χ0n) is 17.6. The Bertz CT molecular complexity index is 957. The van der Waals surface area contributed by atoms with E-state index in [2.05, 4.69) is 5.32 Å². The molecule has 0 aliphatic carbocycles. The smallest absolute Gasteiger partial charge is 0.243 e. The van der Waals surface area contributed by atoms with Gasteiger partial charge in [0.05, 0.1) is 10.9 Å². The SMILES string of the molecule is CCOCCCNC(=O)C[C@@H]1c2ccccc2CCN1S(=O)(=O)c1ccc(C)cc1. The van der Waals surface area contributed by atoms with E-state index in [1.807, 2.05) is 38.1 Å². The summed E-state index contributed by atoms with van der Waals surface area (Å²) in [6.07, 6.45) is 1.46. The van der Waals surface area contributed by atoms with E-state index >= 15 is 0 Å². The molecule has 0 saturated carbocycles. The van der Waals surface area contributed by atoms with Crippen LogP contribution in [0.4, 0.5) is 0 Å². The predicted octanol–water partition coefficient (Wildman–Crippen LogP) is 3.22. The molecule has 1 heterocycles. The van der Waals surface area contributed by atoms with E-state index in [4.69, 9.17) is 4.74 Å². The molecule has 0 saturated heterocycles. The van der Waals surface area contributed by atoms with Crippen LogP contribution < -0.4 is 5.32 Å². The number of fused-ring (bicyclic) bond motifs is 1. The van der Waals surface area contributed by atoms with Crippen LogP contribution in [0.5, 0.6) is 0 Å². The molecule has 1 aliphatic rings. The van der Waals surface area contributed by atoms with Crippen molar-refractivity contribution in [1.82, 2.24) is 9.62 Å². The van der Waals surface area contributed by atoms with Crippen molar-refractivity contribution in [2.75, 3.05) is 26.3 Å². The van der Waals surface area contributed by atoms with Crippen LogP contribution in [0.15, 0.2) is 53.4 Å². The zero-order chi connectivity index (χ0) is 21.6. The highest BCUT2D eigenvalue weighted by Crippen LogP contribution is 2.36. The van der Waals surface area contributed by atoms with E-state index in [1.54, 1.807) is 24.3 Å². The van der Waals surface area contributed by atoms with Gasteiger partial charge in [-0.05, 0) is 49.9 Å². The lowest BCUT2D eigenvalue weighted by Crippen LogP contribution is -2.42. The maximum Gasteiger partial charge on any atom is 0.243 e. The Hall–Kier alpha value is -2.22. The minimum absolute atomic E-state index is 0.0940. The first-order valence-corrected chi connectivity index (χ1v) is 11.9. The molecule has 0 unspecified atom stereocenters. The largest absolute Gasteiger partial charge is 0.382 e. The molecule has 6 nitrogen and oxygen atoms in total. The van der Waals surface area contributed by atoms with Crippen molar-refractivity contribution in [3.63, 3.8) is 0 Å². The second-order valence-electron chi connectivity index (χ2n) is 7.50. The number of aryl methyl sites for hydroxylation is 1. The highest BCUT2D eigenvalue weighted by Gasteiger charge is 2.37. The van der Waals surface area contributed by atoms with Crippen LogP contribution in [0.3, 0.4) is 0 Å². The molecule has 1 atom stereocenters. The molecular weight excluding hydrogens is 400 g/mol. The molecule has 1 amide bonds. The van der Waals surface area contributed by atoms with Gasteiger partial charge in [-0.2, -0.15) is 4.31 Å². The van der Waals surface area contributed by atoms with Crippen LogP contribution in [0.2, 0.25) is 0 Å². The van der Waals surface area contributed by atoms with E-state index < -0.39 is 16.1 Å². The first-order valence-electron chi connectivity index (χ1n) is 10.4. The Morgan fingerprint density at radius 3 is 2.63 bits per heavy atom. The fourth-order valence-electron chi connectivity index (χ4n) is 3.77. The molecular formula is C23H30N2O4S. The third-order valence-electron chi connectivity index (χ3n) is 5.36. The van der Waals surface area contributed by atoms with Gasteiger partial charge in [-0.1, -0.05) is 42.0 Å². The van der Waals surface area contributed by atoms with E-state index in [9.17, 15) is 13.2 Å². The van der Waals surface area contributed by atoms with Crippen LogP contribution in [0.25, 0.3) is 0 Å². The van der Waals surface area contributed by atoms with Crippen LogP contribution in [0.1, 0.15) is 42.5 Å². The summed E-state index contributed by atoms with van der Waals surface area (Å²) in [4.78, 5) is 12.9.